The van der Waals surface area contributed by atoms with Crippen molar-refractivity contribution in [2.24, 2.45) is 0 Å². The predicted octanol–water partition coefficient (Wildman–Crippen LogP) is 9.66. The number of unbranched alkanes of at least 4 members (excludes halogenated alkanes) is 15. The SMILES string of the molecule is CCCCCCCCCCCCC1N(CCCCCCCCC)C=CN1Cc1ccccc1. The predicted molar refractivity (Wildman–Crippen MR) is 146 cm³/mol. The van der Waals surface area contributed by atoms with E-state index in [4.69, 9.17) is 0 Å². The van der Waals surface area contributed by atoms with Crippen molar-refractivity contribution in [1.29, 1.82) is 0 Å². The minimum atomic E-state index is 0.555. The van der Waals surface area contributed by atoms with Crippen molar-refractivity contribution in [3.05, 3.63) is 48.3 Å². The summed E-state index contributed by atoms with van der Waals surface area (Å²) in [5.41, 5.74) is 1.42. The molecule has 1 heterocycles. The maximum absolute atomic E-state index is 2.64. The highest BCUT2D eigenvalue weighted by molar-refractivity contribution is 5.15. The van der Waals surface area contributed by atoms with Gasteiger partial charge in [-0.05, 0) is 24.8 Å². The van der Waals surface area contributed by atoms with Crippen LogP contribution in [0.2, 0.25) is 0 Å². The molecule has 0 aromatic heterocycles. The molecule has 1 aromatic carbocycles. The van der Waals surface area contributed by atoms with Crippen LogP contribution in [-0.4, -0.2) is 22.5 Å². The first-order valence-corrected chi connectivity index (χ1v) is 14.6. The number of rotatable bonds is 21. The summed E-state index contributed by atoms with van der Waals surface area (Å²) in [4.78, 5) is 5.23. The van der Waals surface area contributed by atoms with Crippen LogP contribution in [0.15, 0.2) is 42.7 Å². The van der Waals surface area contributed by atoms with E-state index in [0.717, 1.165) is 6.54 Å². The van der Waals surface area contributed by atoms with Gasteiger partial charge in [0.2, 0.25) is 0 Å². The van der Waals surface area contributed by atoms with Crippen molar-refractivity contribution < 1.29 is 0 Å². The molecule has 0 saturated carbocycles. The summed E-state index contributed by atoms with van der Waals surface area (Å²) in [5.74, 6) is 0. The average Bonchev–Trinajstić information content (AvgIpc) is 3.21. The van der Waals surface area contributed by atoms with Crippen LogP contribution >= 0.6 is 0 Å². The van der Waals surface area contributed by atoms with E-state index >= 15 is 0 Å². The van der Waals surface area contributed by atoms with Crippen LogP contribution in [0.3, 0.4) is 0 Å². The molecule has 0 fully saturated rings. The Bertz CT molecular complexity index is 582. The molecule has 1 aromatic rings. The van der Waals surface area contributed by atoms with Crippen molar-refractivity contribution in [2.45, 2.75) is 142 Å². The molecule has 1 aliphatic heterocycles. The highest BCUT2D eigenvalue weighted by Gasteiger charge is 2.25. The second kappa shape index (κ2) is 18.9. The number of hydrogen-bond acceptors (Lipinski definition) is 2. The Balaban J connectivity index is 1.68. The summed E-state index contributed by atoms with van der Waals surface area (Å²) in [7, 11) is 0. The summed E-state index contributed by atoms with van der Waals surface area (Å²) < 4.78 is 0. The molecular weight excluding hydrogens is 400 g/mol. The van der Waals surface area contributed by atoms with Crippen LogP contribution in [0.4, 0.5) is 0 Å². The van der Waals surface area contributed by atoms with Gasteiger partial charge in [-0.1, -0.05) is 140 Å². The van der Waals surface area contributed by atoms with Gasteiger partial charge in [-0.15, -0.1) is 0 Å². The molecule has 188 valence electrons. The fourth-order valence-corrected chi connectivity index (χ4v) is 5.13. The summed E-state index contributed by atoms with van der Waals surface area (Å²) in [5, 5.41) is 0. The molecular formula is C31H54N2. The fraction of sp³-hybridized carbons (Fsp3) is 0.742. The van der Waals surface area contributed by atoms with Crippen LogP contribution in [0.1, 0.15) is 135 Å². The van der Waals surface area contributed by atoms with E-state index in [0.29, 0.717) is 6.17 Å². The van der Waals surface area contributed by atoms with E-state index in [-0.39, 0.29) is 0 Å². The topological polar surface area (TPSA) is 6.48 Å². The maximum Gasteiger partial charge on any atom is 0.101 e. The molecule has 0 bridgehead atoms. The first-order valence-electron chi connectivity index (χ1n) is 14.6. The van der Waals surface area contributed by atoms with Gasteiger partial charge in [0.15, 0.2) is 0 Å². The summed E-state index contributed by atoms with van der Waals surface area (Å²) in [6.07, 6.45) is 30.5. The third-order valence-corrected chi connectivity index (χ3v) is 7.26. The molecule has 0 N–H and O–H groups in total. The van der Waals surface area contributed by atoms with Crippen molar-refractivity contribution in [3.63, 3.8) is 0 Å². The lowest BCUT2D eigenvalue weighted by Gasteiger charge is -2.33. The van der Waals surface area contributed by atoms with Crippen molar-refractivity contribution in [1.82, 2.24) is 9.80 Å². The molecule has 2 rings (SSSR count). The third kappa shape index (κ3) is 12.6. The van der Waals surface area contributed by atoms with Crippen LogP contribution in [0, 0.1) is 0 Å². The standard InChI is InChI=1S/C31H54N2/c1-3-5-7-9-11-12-13-14-16-21-25-31-32(26-22-17-15-10-8-6-4-2)27-28-33(31)29-30-23-19-18-20-24-30/h18-20,23-24,27-28,31H,3-17,21-22,25-26,29H2,1-2H3. The second-order valence-corrected chi connectivity index (χ2v) is 10.3. The molecule has 0 amide bonds. The molecule has 1 unspecified atom stereocenters. The highest BCUT2D eigenvalue weighted by Crippen LogP contribution is 2.25. The lowest BCUT2D eigenvalue weighted by Crippen LogP contribution is -2.38. The number of hydrogen-bond donors (Lipinski definition) is 0. The normalized spacial score (nSPS) is 15.6. The minimum absolute atomic E-state index is 0.555. The zero-order chi connectivity index (χ0) is 23.4. The molecule has 1 aliphatic rings. The highest BCUT2D eigenvalue weighted by atomic mass is 15.4. The van der Waals surface area contributed by atoms with E-state index in [1.165, 1.54) is 128 Å². The summed E-state index contributed by atoms with van der Waals surface area (Å²) >= 11 is 0. The van der Waals surface area contributed by atoms with E-state index in [1.807, 2.05) is 0 Å². The molecule has 2 nitrogen and oxygen atoms in total. The van der Waals surface area contributed by atoms with Crippen molar-refractivity contribution in [2.75, 3.05) is 6.54 Å². The van der Waals surface area contributed by atoms with Gasteiger partial charge >= 0.3 is 0 Å². The fourth-order valence-electron chi connectivity index (χ4n) is 5.13. The molecule has 0 radical (unpaired) electrons. The van der Waals surface area contributed by atoms with Crippen molar-refractivity contribution in [3.8, 4) is 0 Å². The van der Waals surface area contributed by atoms with Gasteiger partial charge in [-0.25, -0.2) is 0 Å². The zero-order valence-electron chi connectivity index (χ0n) is 22.2. The summed E-state index contributed by atoms with van der Waals surface area (Å²) in [6.45, 7) is 6.86. The van der Waals surface area contributed by atoms with Gasteiger partial charge in [0.05, 0.1) is 0 Å². The van der Waals surface area contributed by atoms with E-state index in [1.54, 1.807) is 0 Å². The summed E-state index contributed by atoms with van der Waals surface area (Å²) in [6, 6.07) is 11.0. The van der Waals surface area contributed by atoms with Gasteiger partial charge in [0.1, 0.15) is 6.17 Å². The largest absolute Gasteiger partial charge is 0.356 e. The van der Waals surface area contributed by atoms with E-state index in [9.17, 15) is 0 Å². The Morgan fingerprint density at radius 3 is 1.61 bits per heavy atom. The average molecular weight is 455 g/mol. The monoisotopic (exact) mass is 454 g/mol. The quantitative estimate of drug-likeness (QED) is 0.171. The molecule has 2 heteroatoms. The van der Waals surface area contributed by atoms with Crippen LogP contribution in [0.25, 0.3) is 0 Å². The lowest BCUT2D eigenvalue weighted by atomic mass is 10.0. The molecule has 33 heavy (non-hydrogen) atoms. The van der Waals surface area contributed by atoms with Crippen LogP contribution < -0.4 is 0 Å². The molecule has 1 atom stereocenters. The lowest BCUT2D eigenvalue weighted by molar-refractivity contribution is 0.132. The number of nitrogens with zero attached hydrogens (tertiary/aromatic N) is 2. The van der Waals surface area contributed by atoms with E-state index < -0.39 is 0 Å². The van der Waals surface area contributed by atoms with Gasteiger partial charge in [-0.2, -0.15) is 0 Å². The van der Waals surface area contributed by atoms with Gasteiger partial charge < -0.3 is 9.80 Å². The maximum atomic E-state index is 2.64. The van der Waals surface area contributed by atoms with Crippen molar-refractivity contribution >= 4 is 0 Å². The Morgan fingerprint density at radius 1 is 0.545 bits per heavy atom. The molecule has 0 aliphatic carbocycles. The minimum Gasteiger partial charge on any atom is -0.356 e. The molecule has 0 spiro atoms. The van der Waals surface area contributed by atoms with Gasteiger partial charge in [-0.3, -0.25) is 0 Å². The Kier molecular flexibility index (Phi) is 15.9. The van der Waals surface area contributed by atoms with Crippen LogP contribution in [-0.2, 0) is 6.54 Å². The first kappa shape index (κ1) is 27.8. The third-order valence-electron chi connectivity index (χ3n) is 7.26. The van der Waals surface area contributed by atoms with Crippen LogP contribution in [0.5, 0.6) is 0 Å². The first-order chi connectivity index (χ1) is 16.3. The Morgan fingerprint density at radius 2 is 1.03 bits per heavy atom. The zero-order valence-corrected chi connectivity index (χ0v) is 22.2. The van der Waals surface area contributed by atoms with E-state index in [2.05, 4.69) is 66.4 Å². The van der Waals surface area contributed by atoms with Gasteiger partial charge in [0.25, 0.3) is 0 Å². The molecule has 0 saturated heterocycles. The Hall–Kier alpha value is -1.44. The smallest absolute Gasteiger partial charge is 0.101 e. The second-order valence-electron chi connectivity index (χ2n) is 10.3. The number of benzene rings is 1. The Labute approximate surface area is 206 Å². The van der Waals surface area contributed by atoms with Gasteiger partial charge in [0, 0.05) is 25.5 Å².